The summed E-state index contributed by atoms with van der Waals surface area (Å²) in [5.74, 6) is 1.13. The molecular formula is C17H21N3O4S. The molecule has 1 saturated heterocycles. The van der Waals surface area contributed by atoms with Crippen molar-refractivity contribution in [3.05, 3.63) is 42.4 Å². The molecule has 0 spiro atoms. The van der Waals surface area contributed by atoms with E-state index in [-0.39, 0.29) is 11.0 Å². The highest BCUT2D eigenvalue weighted by Crippen LogP contribution is 2.26. The van der Waals surface area contributed by atoms with Gasteiger partial charge >= 0.3 is 0 Å². The highest BCUT2D eigenvalue weighted by Gasteiger charge is 2.31. The third-order valence-electron chi connectivity index (χ3n) is 4.19. The van der Waals surface area contributed by atoms with Crippen molar-refractivity contribution >= 4 is 10.0 Å². The molecule has 0 radical (unpaired) electrons. The predicted molar refractivity (Wildman–Crippen MR) is 92.2 cm³/mol. The molecule has 1 atom stereocenters. The van der Waals surface area contributed by atoms with Crippen molar-refractivity contribution in [2.45, 2.75) is 30.8 Å². The van der Waals surface area contributed by atoms with Crippen LogP contribution in [-0.2, 0) is 10.0 Å². The number of benzene rings is 1. The molecule has 3 rings (SSSR count). The Morgan fingerprint density at radius 1 is 1.28 bits per heavy atom. The summed E-state index contributed by atoms with van der Waals surface area (Å²) in [6, 6.07) is 6.57. The van der Waals surface area contributed by atoms with E-state index in [0.29, 0.717) is 24.7 Å². The summed E-state index contributed by atoms with van der Waals surface area (Å²) in [7, 11) is -2.00. The molecule has 8 heteroatoms. The lowest BCUT2D eigenvalue weighted by Gasteiger charge is -2.31. The molecule has 1 aliphatic rings. The van der Waals surface area contributed by atoms with Crippen LogP contribution in [0, 0.1) is 6.92 Å². The molecule has 0 saturated carbocycles. The topological polar surface area (TPSA) is 81.6 Å². The van der Waals surface area contributed by atoms with Crippen molar-refractivity contribution < 1.29 is 17.9 Å². The second kappa shape index (κ2) is 7.37. The summed E-state index contributed by atoms with van der Waals surface area (Å²) in [5, 5.41) is 0. The average Bonchev–Trinajstić information content (AvgIpc) is 2.62. The minimum absolute atomic E-state index is 0.224. The largest absolute Gasteiger partial charge is 0.496 e. The zero-order chi connectivity index (χ0) is 17.9. The SMILES string of the molecule is COc1ccc(S(=O)(=O)N2CCCC(Oc3ccncn3)C2)cc1C. The van der Waals surface area contributed by atoms with Crippen LogP contribution in [0.2, 0.25) is 0 Å². The predicted octanol–water partition coefficient (Wildman–Crippen LogP) is 2.03. The molecule has 0 N–H and O–H groups in total. The van der Waals surface area contributed by atoms with Crippen molar-refractivity contribution in [1.29, 1.82) is 0 Å². The smallest absolute Gasteiger partial charge is 0.243 e. The third kappa shape index (κ3) is 3.91. The number of methoxy groups -OCH3 is 1. The first-order valence-electron chi connectivity index (χ1n) is 8.08. The van der Waals surface area contributed by atoms with E-state index in [0.717, 1.165) is 18.4 Å². The van der Waals surface area contributed by atoms with Crippen molar-refractivity contribution in [1.82, 2.24) is 14.3 Å². The highest BCUT2D eigenvalue weighted by atomic mass is 32.2. The van der Waals surface area contributed by atoms with Crippen LogP contribution in [0.25, 0.3) is 0 Å². The molecule has 134 valence electrons. The first kappa shape index (κ1) is 17.6. The lowest BCUT2D eigenvalue weighted by Crippen LogP contribution is -2.44. The molecule has 1 aliphatic heterocycles. The van der Waals surface area contributed by atoms with Gasteiger partial charge in [0.05, 0.1) is 18.6 Å². The minimum Gasteiger partial charge on any atom is -0.496 e. The molecule has 0 amide bonds. The van der Waals surface area contributed by atoms with Crippen LogP contribution in [0.4, 0.5) is 0 Å². The van der Waals surface area contributed by atoms with Gasteiger partial charge in [0, 0.05) is 18.8 Å². The number of aryl methyl sites for hydroxylation is 1. The second-order valence-corrected chi connectivity index (χ2v) is 7.86. The molecule has 0 aliphatic carbocycles. The minimum atomic E-state index is -3.57. The molecule has 0 bridgehead atoms. The molecule has 25 heavy (non-hydrogen) atoms. The summed E-state index contributed by atoms with van der Waals surface area (Å²) in [6.07, 6.45) is 4.31. The van der Waals surface area contributed by atoms with E-state index in [4.69, 9.17) is 9.47 Å². The number of aromatic nitrogens is 2. The number of rotatable bonds is 5. The van der Waals surface area contributed by atoms with Crippen molar-refractivity contribution in [2.75, 3.05) is 20.2 Å². The number of piperidine rings is 1. The number of hydrogen-bond acceptors (Lipinski definition) is 6. The molecule has 1 unspecified atom stereocenters. The number of hydrogen-bond donors (Lipinski definition) is 0. The van der Waals surface area contributed by atoms with Gasteiger partial charge in [0.1, 0.15) is 18.2 Å². The Labute approximate surface area is 147 Å². The fourth-order valence-corrected chi connectivity index (χ4v) is 4.49. The quantitative estimate of drug-likeness (QED) is 0.808. The Hall–Kier alpha value is -2.19. The fraction of sp³-hybridized carbons (Fsp3) is 0.412. The third-order valence-corrected chi connectivity index (χ3v) is 6.05. The molecule has 1 fully saturated rings. The highest BCUT2D eigenvalue weighted by molar-refractivity contribution is 7.89. The van der Waals surface area contributed by atoms with Crippen LogP contribution in [0.15, 0.2) is 41.7 Å². The normalized spacial score (nSPS) is 18.7. The van der Waals surface area contributed by atoms with Gasteiger partial charge in [-0.2, -0.15) is 4.31 Å². The summed E-state index contributed by atoms with van der Waals surface area (Å²) >= 11 is 0. The van der Waals surface area contributed by atoms with E-state index in [1.54, 1.807) is 37.6 Å². The second-order valence-electron chi connectivity index (χ2n) is 5.92. The standard InChI is InChI=1S/C17H21N3O4S/c1-13-10-15(5-6-16(13)23-2)25(21,22)20-9-3-4-14(11-20)24-17-7-8-18-12-19-17/h5-8,10,12,14H,3-4,9,11H2,1-2H3. The van der Waals surface area contributed by atoms with Crippen molar-refractivity contribution in [3.63, 3.8) is 0 Å². The maximum absolute atomic E-state index is 12.9. The maximum atomic E-state index is 12.9. The fourth-order valence-electron chi connectivity index (χ4n) is 2.90. The summed E-state index contributed by atoms with van der Waals surface area (Å²) in [5.41, 5.74) is 0.786. The number of ether oxygens (including phenoxy) is 2. The molecule has 1 aromatic carbocycles. The van der Waals surface area contributed by atoms with Crippen molar-refractivity contribution in [2.24, 2.45) is 0 Å². The van der Waals surface area contributed by atoms with E-state index in [1.807, 2.05) is 6.92 Å². The Morgan fingerprint density at radius 2 is 2.12 bits per heavy atom. The van der Waals surface area contributed by atoms with Gasteiger partial charge in [-0.05, 0) is 43.5 Å². The zero-order valence-corrected chi connectivity index (χ0v) is 15.1. The first-order valence-corrected chi connectivity index (χ1v) is 9.52. The Balaban J connectivity index is 1.76. The van der Waals surface area contributed by atoms with E-state index in [2.05, 4.69) is 9.97 Å². The van der Waals surface area contributed by atoms with Gasteiger partial charge in [-0.1, -0.05) is 0 Å². The van der Waals surface area contributed by atoms with Gasteiger partial charge < -0.3 is 9.47 Å². The van der Waals surface area contributed by atoms with E-state index >= 15 is 0 Å². The maximum Gasteiger partial charge on any atom is 0.243 e. The van der Waals surface area contributed by atoms with Crippen LogP contribution >= 0.6 is 0 Å². The van der Waals surface area contributed by atoms with Gasteiger partial charge in [0.15, 0.2) is 0 Å². The summed E-state index contributed by atoms with van der Waals surface area (Å²) in [4.78, 5) is 8.15. The van der Waals surface area contributed by atoms with Gasteiger partial charge in [0.2, 0.25) is 15.9 Å². The van der Waals surface area contributed by atoms with Crippen LogP contribution in [0.1, 0.15) is 18.4 Å². The Kier molecular flexibility index (Phi) is 5.19. The van der Waals surface area contributed by atoms with E-state index in [9.17, 15) is 8.42 Å². The zero-order valence-electron chi connectivity index (χ0n) is 14.3. The van der Waals surface area contributed by atoms with Gasteiger partial charge in [-0.15, -0.1) is 0 Å². The van der Waals surface area contributed by atoms with Crippen LogP contribution in [0.3, 0.4) is 0 Å². The molecule has 1 aromatic heterocycles. The summed E-state index contributed by atoms with van der Waals surface area (Å²) < 4.78 is 38.4. The molecule has 2 aromatic rings. The first-order chi connectivity index (χ1) is 12.0. The average molecular weight is 363 g/mol. The van der Waals surface area contributed by atoms with Gasteiger partial charge in [0.25, 0.3) is 0 Å². The molecular weight excluding hydrogens is 342 g/mol. The lowest BCUT2D eigenvalue weighted by molar-refractivity contribution is 0.124. The van der Waals surface area contributed by atoms with Gasteiger partial charge in [-0.3, -0.25) is 0 Å². The van der Waals surface area contributed by atoms with Crippen LogP contribution < -0.4 is 9.47 Å². The summed E-state index contributed by atoms with van der Waals surface area (Å²) in [6.45, 7) is 2.61. The Bertz CT molecular complexity index is 827. The van der Waals surface area contributed by atoms with Crippen LogP contribution in [-0.4, -0.2) is 49.0 Å². The van der Waals surface area contributed by atoms with Crippen molar-refractivity contribution in [3.8, 4) is 11.6 Å². The molecule has 7 nitrogen and oxygen atoms in total. The van der Waals surface area contributed by atoms with Gasteiger partial charge in [-0.25, -0.2) is 18.4 Å². The Morgan fingerprint density at radius 3 is 2.80 bits per heavy atom. The van der Waals surface area contributed by atoms with E-state index < -0.39 is 10.0 Å². The number of nitrogens with zero attached hydrogens (tertiary/aromatic N) is 3. The monoisotopic (exact) mass is 363 g/mol. The lowest BCUT2D eigenvalue weighted by atomic mass is 10.1. The van der Waals surface area contributed by atoms with E-state index in [1.165, 1.54) is 10.6 Å². The molecule has 2 heterocycles. The van der Waals surface area contributed by atoms with Crippen LogP contribution in [0.5, 0.6) is 11.6 Å². The number of sulfonamides is 1.